The lowest BCUT2D eigenvalue weighted by atomic mass is 9.97. The zero-order chi connectivity index (χ0) is 10.1. The Bertz CT molecular complexity index is 376. The van der Waals surface area contributed by atoms with E-state index in [1.807, 2.05) is 6.07 Å². The molecule has 3 nitrogen and oxygen atoms in total. The molecule has 0 radical (unpaired) electrons. The molecule has 0 aliphatic carbocycles. The van der Waals surface area contributed by atoms with Gasteiger partial charge >= 0.3 is 5.97 Å². The molecule has 0 spiro atoms. The number of carboxylic acids is 1. The molecular formula is C10H9ClO3. The maximum Gasteiger partial charge on any atom is 0.310 e. The SMILES string of the molecule is O=C(O)C1COc2cc(Cl)ccc2C1. The molecular weight excluding hydrogens is 204 g/mol. The Balaban J connectivity index is 2.27. The van der Waals surface area contributed by atoms with Gasteiger partial charge in [0.05, 0.1) is 5.92 Å². The van der Waals surface area contributed by atoms with Crippen molar-refractivity contribution < 1.29 is 14.6 Å². The fourth-order valence-electron chi connectivity index (χ4n) is 1.50. The topological polar surface area (TPSA) is 46.5 Å². The molecule has 0 amide bonds. The molecule has 74 valence electrons. The minimum atomic E-state index is -0.814. The molecule has 1 aliphatic heterocycles. The smallest absolute Gasteiger partial charge is 0.310 e. The van der Waals surface area contributed by atoms with Gasteiger partial charge in [-0.3, -0.25) is 4.79 Å². The van der Waals surface area contributed by atoms with Crippen LogP contribution in [0, 0.1) is 5.92 Å². The minimum Gasteiger partial charge on any atom is -0.492 e. The van der Waals surface area contributed by atoms with Crippen LogP contribution < -0.4 is 4.74 Å². The Kier molecular flexibility index (Phi) is 2.33. The van der Waals surface area contributed by atoms with Gasteiger partial charge in [0.1, 0.15) is 12.4 Å². The summed E-state index contributed by atoms with van der Waals surface area (Å²) in [5.74, 6) is -0.552. The van der Waals surface area contributed by atoms with E-state index >= 15 is 0 Å². The number of benzene rings is 1. The van der Waals surface area contributed by atoms with Gasteiger partial charge in [-0.2, -0.15) is 0 Å². The highest BCUT2D eigenvalue weighted by Gasteiger charge is 2.25. The quantitative estimate of drug-likeness (QED) is 0.774. The number of ether oxygens (including phenoxy) is 1. The van der Waals surface area contributed by atoms with Gasteiger partial charge in [0.15, 0.2) is 0 Å². The van der Waals surface area contributed by atoms with Crippen LogP contribution in [0.2, 0.25) is 5.02 Å². The first-order chi connectivity index (χ1) is 6.66. The molecule has 0 aromatic heterocycles. The first kappa shape index (κ1) is 9.34. The molecule has 4 heteroatoms. The molecule has 1 unspecified atom stereocenters. The standard InChI is InChI=1S/C10H9ClO3/c11-8-2-1-6-3-7(10(12)13)5-14-9(6)4-8/h1-2,4,7H,3,5H2,(H,12,13). The van der Waals surface area contributed by atoms with Gasteiger partial charge in [0.25, 0.3) is 0 Å². The van der Waals surface area contributed by atoms with Crippen LogP contribution in [-0.4, -0.2) is 17.7 Å². The number of carboxylic acid groups (broad SMARTS) is 1. The van der Waals surface area contributed by atoms with Crippen LogP contribution in [0.25, 0.3) is 0 Å². The molecule has 1 heterocycles. The fraction of sp³-hybridized carbons (Fsp3) is 0.300. The van der Waals surface area contributed by atoms with Crippen molar-refractivity contribution in [1.82, 2.24) is 0 Å². The molecule has 1 aliphatic rings. The van der Waals surface area contributed by atoms with Crippen LogP contribution in [0.5, 0.6) is 5.75 Å². The second-order valence-corrected chi connectivity index (χ2v) is 3.74. The number of aliphatic carboxylic acids is 1. The molecule has 1 atom stereocenters. The molecule has 14 heavy (non-hydrogen) atoms. The molecule has 0 saturated heterocycles. The summed E-state index contributed by atoms with van der Waals surface area (Å²) in [7, 11) is 0. The van der Waals surface area contributed by atoms with Crippen molar-refractivity contribution in [3.63, 3.8) is 0 Å². The van der Waals surface area contributed by atoms with Gasteiger partial charge in [0, 0.05) is 5.02 Å². The first-order valence-electron chi connectivity index (χ1n) is 4.31. The second kappa shape index (κ2) is 3.50. The highest BCUT2D eigenvalue weighted by Crippen LogP contribution is 2.29. The predicted octanol–water partition coefficient (Wildman–Crippen LogP) is 1.98. The lowest BCUT2D eigenvalue weighted by Crippen LogP contribution is -2.27. The van der Waals surface area contributed by atoms with Gasteiger partial charge < -0.3 is 9.84 Å². The zero-order valence-corrected chi connectivity index (χ0v) is 8.12. The van der Waals surface area contributed by atoms with Crippen LogP contribution in [0.1, 0.15) is 5.56 Å². The monoisotopic (exact) mass is 212 g/mol. The maximum atomic E-state index is 10.7. The average Bonchev–Trinajstić information content (AvgIpc) is 2.16. The third kappa shape index (κ3) is 1.68. The largest absolute Gasteiger partial charge is 0.492 e. The maximum absolute atomic E-state index is 10.7. The highest BCUT2D eigenvalue weighted by atomic mass is 35.5. The predicted molar refractivity (Wildman–Crippen MR) is 51.8 cm³/mol. The fourth-order valence-corrected chi connectivity index (χ4v) is 1.67. The number of halogens is 1. The average molecular weight is 213 g/mol. The molecule has 1 N–H and O–H groups in total. The van der Waals surface area contributed by atoms with Gasteiger partial charge in [-0.25, -0.2) is 0 Å². The number of hydrogen-bond donors (Lipinski definition) is 1. The van der Waals surface area contributed by atoms with Crippen LogP contribution in [-0.2, 0) is 11.2 Å². The van der Waals surface area contributed by atoms with E-state index < -0.39 is 11.9 Å². The summed E-state index contributed by atoms with van der Waals surface area (Å²) in [4.78, 5) is 10.7. The van der Waals surface area contributed by atoms with Crippen molar-refractivity contribution in [1.29, 1.82) is 0 Å². The van der Waals surface area contributed by atoms with Crippen molar-refractivity contribution in [2.45, 2.75) is 6.42 Å². The number of fused-ring (bicyclic) bond motifs is 1. The summed E-state index contributed by atoms with van der Waals surface area (Å²) in [6.45, 7) is 0.225. The molecule has 2 rings (SSSR count). The summed E-state index contributed by atoms with van der Waals surface area (Å²) in [5.41, 5.74) is 0.910. The first-order valence-corrected chi connectivity index (χ1v) is 4.68. The number of rotatable bonds is 1. The van der Waals surface area contributed by atoms with Gasteiger partial charge in [-0.15, -0.1) is 0 Å². The highest BCUT2D eigenvalue weighted by molar-refractivity contribution is 6.30. The summed E-state index contributed by atoms with van der Waals surface area (Å²) in [6.07, 6.45) is 0.516. The third-order valence-electron chi connectivity index (χ3n) is 2.28. The Morgan fingerprint density at radius 3 is 3.07 bits per heavy atom. The van der Waals surface area contributed by atoms with E-state index in [0.29, 0.717) is 17.2 Å². The van der Waals surface area contributed by atoms with Crippen LogP contribution >= 0.6 is 11.6 Å². The lowest BCUT2D eigenvalue weighted by molar-refractivity contribution is -0.143. The minimum absolute atomic E-state index is 0.225. The normalized spacial score (nSPS) is 19.6. The van der Waals surface area contributed by atoms with Gasteiger partial charge in [0.2, 0.25) is 0 Å². The Hall–Kier alpha value is -1.22. The summed E-state index contributed by atoms with van der Waals surface area (Å²) in [5, 5.41) is 9.42. The summed E-state index contributed by atoms with van der Waals surface area (Å²) < 4.78 is 5.31. The number of carbonyl (C=O) groups is 1. The molecule has 0 fully saturated rings. The van der Waals surface area contributed by atoms with Crippen LogP contribution in [0.3, 0.4) is 0 Å². The molecule has 0 bridgehead atoms. The second-order valence-electron chi connectivity index (χ2n) is 3.30. The Morgan fingerprint density at radius 1 is 1.57 bits per heavy atom. The van der Waals surface area contributed by atoms with Crippen molar-refractivity contribution in [3.8, 4) is 5.75 Å². The van der Waals surface area contributed by atoms with Crippen LogP contribution in [0.4, 0.5) is 0 Å². The molecule has 1 aromatic rings. The van der Waals surface area contributed by atoms with Crippen molar-refractivity contribution in [2.75, 3.05) is 6.61 Å². The third-order valence-corrected chi connectivity index (χ3v) is 2.52. The van der Waals surface area contributed by atoms with E-state index in [-0.39, 0.29) is 6.61 Å². The van der Waals surface area contributed by atoms with Gasteiger partial charge in [-0.05, 0) is 24.1 Å². The van der Waals surface area contributed by atoms with Gasteiger partial charge in [-0.1, -0.05) is 17.7 Å². The van der Waals surface area contributed by atoms with E-state index in [1.54, 1.807) is 12.1 Å². The lowest BCUT2D eigenvalue weighted by Gasteiger charge is -2.22. The molecule has 0 saturated carbocycles. The van der Waals surface area contributed by atoms with E-state index in [4.69, 9.17) is 21.4 Å². The Labute approximate surface area is 86.3 Å². The Morgan fingerprint density at radius 2 is 2.36 bits per heavy atom. The van der Waals surface area contributed by atoms with E-state index in [0.717, 1.165) is 5.56 Å². The van der Waals surface area contributed by atoms with Crippen LogP contribution in [0.15, 0.2) is 18.2 Å². The van der Waals surface area contributed by atoms with E-state index in [1.165, 1.54) is 0 Å². The van der Waals surface area contributed by atoms with E-state index in [2.05, 4.69) is 0 Å². The van der Waals surface area contributed by atoms with Crippen molar-refractivity contribution in [2.24, 2.45) is 5.92 Å². The zero-order valence-electron chi connectivity index (χ0n) is 7.37. The summed E-state index contributed by atoms with van der Waals surface area (Å²) in [6, 6.07) is 5.27. The molecule has 1 aromatic carbocycles. The van der Waals surface area contributed by atoms with E-state index in [9.17, 15) is 4.79 Å². The summed E-state index contributed by atoms with van der Waals surface area (Å²) >= 11 is 5.78. The number of hydrogen-bond acceptors (Lipinski definition) is 2. The van der Waals surface area contributed by atoms with Crippen molar-refractivity contribution >= 4 is 17.6 Å². The van der Waals surface area contributed by atoms with Crippen molar-refractivity contribution in [3.05, 3.63) is 28.8 Å².